The van der Waals surface area contributed by atoms with Crippen LogP contribution in [0.1, 0.15) is 33.6 Å². The van der Waals surface area contributed by atoms with E-state index in [2.05, 4.69) is 16.9 Å². The summed E-state index contributed by atoms with van der Waals surface area (Å²) < 4.78 is 1.57. The molecule has 1 aromatic carbocycles. The SMILES string of the molecule is C=CCn1c(SCCC(=O)NC(C)(C)CC(C)=O)nc2ccccc2c1=O. The number of hydrogen-bond donors (Lipinski definition) is 1. The molecule has 0 atom stereocenters. The number of nitrogens with one attached hydrogen (secondary N) is 1. The highest BCUT2D eigenvalue weighted by molar-refractivity contribution is 7.99. The van der Waals surface area contributed by atoms with Crippen LogP contribution in [0.3, 0.4) is 0 Å². The molecule has 2 aromatic rings. The number of hydrogen-bond acceptors (Lipinski definition) is 5. The Morgan fingerprint density at radius 1 is 1.33 bits per heavy atom. The summed E-state index contributed by atoms with van der Waals surface area (Å²) in [5.74, 6) is 0.375. The fourth-order valence-corrected chi connectivity index (χ4v) is 3.84. The second-order valence-corrected chi connectivity index (χ2v) is 8.09. The second kappa shape index (κ2) is 8.99. The van der Waals surface area contributed by atoms with Gasteiger partial charge in [-0.05, 0) is 32.9 Å². The number of fused-ring (bicyclic) bond motifs is 1. The molecule has 6 nitrogen and oxygen atoms in total. The average molecular weight is 388 g/mol. The fourth-order valence-electron chi connectivity index (χ4n) is 2.89. The summed E-state index contributed by atoms with van der Waals surface area (Å²) in [4.78, 5) is 40.7. The first-order valence-electron chi connectivity index (χ1n) is 8.77. The first-order chi connectivity index (χ1) is 12.7. The van der Waals surface area contributed by atoms with Gasteiger partial charge in [0.1, 0.15) is 5.78 Å². The van der Waals surface area contributed by atoms with Crippen LogP contribution in [-0.2, 0) is 16.1 Å². The molecule has 1 aromatic heterocycles. The molecule has 0 fully saturated rings. The smallest absolute Gasteiger partial charge is 0.262 e. The maximum atomic E-state index is 12.7. The van der Waals surface area contributed by atoms with Gasteiger partial charge in [0, 0.05) is 30.7 Å². The van der Waals surface area contributed by atoms with E-state index in [0.29, 0.717) is 28.4 Å². The molecule has 1 N–H and O–H groups in total. The molecule has 0 aliphatic rings. The molecule has 27 heavy (non-hydrogen) atoms. The van der Waals surface area contributed by atoms with Gasteiger partial charge in [-0.1, -0.05) is 30.0 Å². The lowest BCUT2D eigenvalue weighted by molar-refractivity contribution is -0.123. The summed E-state index contributed by atoms with van der Waals surface area (Å²) in [6.45, 7) is 9.22. The Bertz CT molecular complexity index is 918. The predicted octanol–water partition coefficient (Wildman–Crippen LogP) is 2.94. The lowest BCUT2D eigenvalue weighted by atomic mass is 9.98. The van der Waals surface area contributed by atoms with Gasteiger partial charge in [-0.3, -0.25) is 19.0 Å². The van der Waals surface area contributed by atoms with Gasteiger partial charge in [0.25, 0.3) is 5.56 Å². The number of thioether (sulfide) groups is 1. The second-order valence-electron chi connectivity index (χ2n) is 7.03. The number of rotatable bonds is 9. The molecule has 7 heteroatoms. The van der Waals surface area contributed by atoms with E-state index in [1.807, 2.05) is 26.0 Å². The monoisotopic (exact) mass is 387 g/mol. The van der Waals surface area contributed by atoms with Crippen LogP contribution in [0.4, 0.5) is 0 Å². The molecular weight excluding hydrogens is 362 g/mol. The number of carbonyl (C=O) groups is 2. The number of Topliss-reactive ketones (excluding diaryl/α,β-unsaturated/α-hetero) is 1. The number of ketones is 1. The van der Waals surface area contributed by atoms with E-state index in [1.54, 1.807) is 22.8 Å². The number of carbonyl (C=O) groups excluding carboxylic acids is 2. The Kier molecular flexibility index (Phi) is 6.96. The Balaban J connectivity index is 2.09. The molecule has 1 amide bonds. The fraction of sp³-hybridized carbons (Fsp3) is 0.400. The Hall–Kier alpha value is -2.41. The molecule has 0 saturated carbocycles. The van der Waals surface area contributed by atoms with Gasteiger partial charge in [0.15, 0.2) is 5.16 Å². The van der Waals surface area contributed by atoms with Crippen LogP contribution in [0.2, 0.25) is 0 Å². The lowest BCUT2D eigenvalue weighted by Gasteiger charge is -2.25. The number of para-hydroxylation sites is 1. The van der Waals surface area contributed by atoms with Crippen molar-refractivity contribution in [2.24, 2.45) is 0 Å². The third kappa shape index (κ3) is 5.79. The van der Waals surface area contributed by atoms with Crippen LogP contribution in [0.25, 0.3) is 10.9 Å². The molecule has 0 bridgehead atoms. The van der Waals surface area contributed by atoms with Crippen LogP contribution >= 0.6 is 11.8 Å². The van der Waals surface area contributed by atoms with E-state index in [1.165, 1.54) is 18.7 Å². The summed E-state index contributed by atoms with van der Waals surface area (Å²) >= 11 is 1.36. The van der Waals surface area contributed by atoms with E-state index < -0.39 is 5.54 Å². The Morgan fingerprint density at radius 3 is 2.70 bits per heavy atom. The maximum absolute atomic E-state index is 12.7. The van der Waals surface area contributed by atoms with Gasteiger partial charge in [-0.15, -0.1) is 6.58 Å². The van der Waals surface area contributed by atoms with Crippen molar-refractivity contribution in [1.29, 1.82) is 0 Å². The molecule has 0 aliphatic carbocycles. The predicted molar refractivity (Wildman–Crippen MR) is 109 cm³/mol. The Labute approximate surface area is 163 Å². The van der Waals surface area contributed by atoms with Crippen LogP contribution in [-0.4, -0.2) is 32.5 Å². The standard InChI is InChI=1S/C20H25N3O3S/c1-5-11-23-18(26)15-8-6-7-9-16(15)21-19(23)27-12-10-17(25)22-20(3,4)13-14(2)24/h5-9H,1,10-13H2,2-4H3,(H,22,25). The molecule has 144 valence electrons. The zero-order chi connectivity index (χ0) is 20.0. The Morgan fingerprint density at radius 2 is 2.04 bits per heavy atom. The third-order valence-electron chi connectivity index (χ3n) is 3.87. The summed E-state index contributed by atoms with van der Waals surface area (Å²) in [6, 6.07) is 7.20. The number of benzene rings is 1. The van der Waals surface area contributed by atoms with E-state index in [9.17, 15) is 14.4 Å². The largest absolute Gasteiger partial charge is 0.351 e. The first-order valence-corrected chi connectivity index (χ1v) is 9.76. The van der Waals surface area contributed by atoms with Gasteiger partial charge in [-0.2, -0.15) is 0 Å². The van der Waals surface area contributed by atoms with Crippen LogP contribution in [0.15, 0.2) is 46.9 Å². The minimum Gasteiger partial charge on any atom is -0.351 e. The molecule has 0 unspecified atom stereocenters. The normalized spacial score (nSPS) is 11.4. The summed E-state index contributed by atoms with van der Waals surface area (Å²) in [7, 11) is 0. The highest BCUT2D eigenvalue weighted by Gasteiger charge is 2.22. The molecule has 2 rings (SSSR count). The van der Waals surface area contributed by atoms with Crippen LogP contribution < -0.4 is 10.9 Å². The van der Waals surface area contributed by atoms with Gasteiger partial charge < -0.3 is 5.32 Å². The van der Waals surface area contributed by atoms with Gasteiger partial charge >= 0.3 is 0 Å². The number of allylic oxidation sites excluding steroid dienone is 1. The summed E-state index contributed by atoms with van der Waals surface area (Å²) in [5.41, 5.74) is -0.0490. The highest BCUT2D eigenvalue weighted by Crippen LogP contribution is 2.19. The number of aromatic nitrogens is 2. The topological polar surface area (TPSA) is 81.1 Å². The van der Waals surface area contributed by atoms with Gasteiger partial charge in [-0.25, -0.2) is 4.98 Å². The highest BCUT2D eigenvalue weighted by atomic mass is 32.2. The maximum Gasteiger partial charge on any atom is 0.262 e. The van der Waals surface area contributed by atoms with Gasteiger partial charge in [0.2, 0.25) is 5.91 Å². The summed E-state index contributed by atoms with van der Waals surface area (Å²) in [5, 5.41) is 4.00. The molecular formula is C20H25N3O3S. The van der Waals surface area contributed by atoms with E-state index in [-0.39, 0.29) is 30.1 Å². The van der Waals surface area contributed by atoms with Crippen molar-refractivity contribution in [3.05, 3.63) is 47.3 Å². The minimum absolute atomic E-state index is 0.0310. The van der Waals surface area contributed by atoms with Gasteiger partial charge in [0.05, 0.1) is 10.9 Å². The first kappa shape index (κ1) is 20.9. The quantitative estimate of drug-likeness (QED) is 0.406. The van der Waals surface area contributed by atoms with E-state index in [0.717, 1.165) is 0 Å². The van der Waals surface area contributed by atoms with Crippen molar-refractivity contribution >= 4 is 34.4 Å². The minimum atomic E-state index is -0.570. The van der Waals surface area contributed by atoms with Crippen LogP contribution in [0.5, 0.6) is 0 Å². The number of amides is 1. The molecule has 1 heterocycles. The number of nitrogens with zero attached hydrogens (tertiary/aromatic N) is 2. The van der Waals surface area contributed by atoms with Crippen molar-refractivity contribution in [1.82, 2.24) is 14.9 Å². The van der Waals surface area contributed by atoms with Crippen molar-refractivity contribution in [3.8, 4) is 0 Å². The van der Waals surface area contributed by atoms with Crippen molar-refractivity contribution in [2.75, 3.05) is 5.75 Å². The van der Waals surface area contributed by atoms with Crippen molar-refractivity contribution < 1.29 is 9.59 Å². The molecule has 0 radical (unpaired) electrons. The molecule has 0 aliphatic heterocycles. The van der Waals surface area contributed by atoms with Crippen molar-refractivity contribution in [2.45, 2.75) is 50.9 Å². The average Bonchev–Trinajstić information content (AvgIpc) is 2.56. The van der Waals surface area contributed by atoms with Crippen molar-refractivity contribution in [3.63, 3.8) is 0 Å². The third-order valence-corrected chi connectivity index (χ3v) is 4.85. The van der Waals surface area contributed by atoms with E-state index >= 15 is 0 Å². The van der Waals surface area contributed by atoms with Crippen LogP contribution in [0, 0.1) is 0 Å². The lowest BCUT2D eigenvalue weighted by Crippen LogP contribution is -2.44. The zero-order valence-electron chi connectivity index (χ0n) is 15.9. The molecule has 0 spiro atoms. The van der Waals surface area contributed by atoms with E-state index in [4.69, 9.17) is 0 Å². The molecule has 0 saturated heterocycles. The zero-order valence-corrected chi connectivity index (χ0v) is 16.8. The summed E-state index contributed by atoms with van der Waals surface area (Å²) in [6.07, 6.45) is 2.21.